The molecule has 3 aromatic rings. The van der Waals surface area contributed by atoms with Crippen molar-refractivity contribution >= 4 is 22.2 Å². The van der Waals surface area contributed by atoms with Gasteiger partial charge in [-0.25, -0.2) is 0 Å². The average Bonchev–Trinajstić information content (AvgIpc) is 3.40. The molecule has 1 saturated carbocycles. The smallest absolute Gasteiger partial charge is 0.101 e. The van der Waals surface area contributed by atoms with Crippen LogP contribution in [0.3, 0.4) is 0 Å². The van der Waals surface area contributed by atoms with Crippen LogP contribution in [-0.4, -0.2) is 34.8 Å². The molecule has 4 nitrogen and oxygen atoms in total. The minimum atomic E-state index is -0.148. The Balaban J connectivity index is 1.25. The highest BCUT2D eigenvalue weighted by Crippen LogP contribution is 2.50. The molecule has 36 heavy (non-hydrogen) atoms. The average molecular weight is 478 g/mol. The first kappa shape index (κ1) is 23.1. The van der Waals surface area contributed by atoms with Crippen LogP contribution in [0.15, 0.2) is 89.5 Å². The van der Waals surface area contributed by atoms with E-state index in [9.17, 15) is 0 Å². The van der Waals surface area contributed by atoms with Gasteiger partial charge < -0.3 is 14.7 Å². The van der Waals surface area contributed by atoms with Gasteiger partial charge in [0.05, 0.1) is 5.52 Å². The second-order valence-corrected chi connectivity index (χ2v) is 11.0. The number of benzene rings is 2. The zero-order valence-corrected chi connectivity index (χ0v) is 21.8. The molecule has 0 radical (unpaired) electrons. The van der Waals surface area contributed by atoms with Gasteiger partial charge in [0.1, 0.15) is 11.5 Å². The first-order valence-corrected chi connectivity index (χ1v) is 13.1. The largest absolute Gasteiger partial charge is 0.467 e. The van der Waals surface area contributed by atoms with Gasteiger partial charge in [0, 0.05) is 59.5 Å². The molecule has 0 spiro atoms. The van der Waals surface area contributed by atoms with Gasteiger partial charge >= 0.3 is 0 Å². The lowest BCUT2D eigenvalue weighted by atomic mass is 9.82. The molecule has 1 fully saturated rings. The van der Waals surface area contributed by atoms with Gasteiger partial charge in [0.15, 0.2) is 0 Å². The number of nitrogens with one attached hydrogen (secondary N) is 1. The van der Waals surface area contributed by atoms with E-state index in [1.165, 1.54) is 38.9 Å². The van der Waals surface area contributed by atoms with Crippen LogP contribution in [0.5, 0.6) is 0 Å². The van der Waals surface area contributed by atoms with E-state index >= 15 is 0 Å². The summed E-state index contributed by atoms with van der Waals surface area (Å²) in [5, 5.41) is 10.5. The van der Waals surface area contributed by atoms with Crippen molar-refractivity contribution in [3.8, 4) is 5.69 Å². The molecule has 0 bridgehead atoms. The van der Waals surface area contributed by atoms with Crippen LogP contribution in [0, 0.1) is 16.7 Å². The van der Waals surface area contributed by atoms with Gasteiger partial charge in [-0.1, -0.05) is 49.4 Å². The number of aromatic nitrogens is 1. The molecule has 3 aliphatic rings. The van der Waals surface area contributed by atoms with E-state index in [1.807, 2.05) is 6.92 Å². The van der Waals surface area contributed by atoms with E-state index in [1.54, 1.807) is 0 Å². The van der Waals surface area contributed by atoms with Gasteiger partial charge in [-0.05, 0) is 68.5 Å². The quantitative estimate of drug-likeness (QED) is 0.426. The summed E-state index contributed by atoms with van der Waals surface area (Å²) in [5.74, 6) is 2.10. The number of ether oxygens (including phenoxy) is 1. The number of rotatable bonds is 4. The molecule has 2 aromatic carbocycles. The molecule has 0 amide bonds. The molecule has 1 N–H and O–H groups in total. The molecular weight excluding hydrogens is 442 g/mol. The van der Waals surface area contributed by atoms with E-state index in [-0.39, 0.29) is 11.3 Å². The van der Waals surface area contributed by atoms with Crippen molar-refractivity contribution in [2.24, 2.45) is 11.3 Å². The van der Waals surface area contributed by atoms with Crippen LogP contribution >= 0.6 is 0 Å². The van der Waals surface area contributed by atoms with Crippen LogP contribution in [0.25, 0.3) is 22.2 Å². The van der Waals surface area contributed by atoms with E-state index in [0.29, 0.717) is 0 Å². The van der Waals surface area contributed by atoms with Crippen molar-refractivity contribution in [2.75, 3.05) is 19.6 Å². The van der Waals surface area contributed by atoms with E-state index in [2.05, 4.69) is 97.1 Å². The van der Waals surface area contributed by atoms with Gasteiger partial charge in [0.25, 0.3) is 0 Å². The lowest BCUT2D eigenvalue weighted by molar-refractivity contribution is 0.229. The van der Waals surface area contributed by atoms with Crippen LogP contribution in [0.1, 0.15) is 46.1 Å². The molecular formula is C32H35N3O. The Labute approximate surface area is 214 Å². The Morgan fingerprint density at radius 3 is 2.50 bits per heavy atom. The summed E-state index contributed by atoms with van der Waals surface area (Å²) in [6.45, 7) is 11.4. The van der Waals surface area contributed by atoms with Crippen LogP contribution < -0.4 is 0 Å². The third kappa shape index (κ3) is 3.67. The lowest BCUT2D eigenvalue weighted by Crippen LogP contribution is -2.41. The number of hydrogen-bond acceptors (Lipinski definition) is 3. The monoisotopic (exact) mass is 477 g/mol. The Kier molecular flexibility index (Phi) is 5.53. The first-order chi connectivity index (χ1) is 17.4. The topological polar surface area (TPSA) is 41.2 Å². The van der Waals surface area contributed by atoms with Crippen molar-refractivity contribution < 1.29 is 4.74 Å². The number of fused-ring (bicyclic) bond motifs is 2. The minimum absolute atomic E-state index is 0.128. The normalized spacial score (nSPS) is 24.8. The summed E-state index contributed by atoms with van der Waals surface area (Å²) in [7, 11) is 0. The summed E-state index contributed by atoms with van der Waals surface area (Å²) >= 11 is 0. The molecule has 3 heterocycles. The summed E-state index contributed by atoms with van der Waals surface area (Å²) < 4.78 is 8.33. The lowest BCUT2D eigenvalue weighted by Gasteiger charge is -2.34. The predicted molar refractivity (Wildman–Crippen MR) is 148 cm³/mol. The highest BCUT2D eigenvalue weighted by Gasteiger charge is 2.48. The number of para-hydroxylation sites is 2. The van der Waals surface area contributed by atoms with Gasteiger partial charge in [-0.3, -0.25) is 4.90 Å². The number of nitrogens with zero attached hydrogens (tertiary/aromatic N) is 2. The zero-order valence-electron chi connectivity index (χ0n) is 21.8. The Morgan fingerprint density at radius 2 is 1.75 bits per heavy atom. The summed E-state index contributed by atoms with van der Waals surface area (Å²) in [5.41, 5.74) is 8.45. The minimum Gasteiger partial charge on any atom is -0.467 e. The predicted octanol–water partition coefficient (Wildman–Crippen LogP) is 7.36. The molecule has 0 saturated heterocycles. The van der Waals surface area contributed by atoms with Crippen LogP contribution in [0.4, 0.5) is 0 Å². The fourth-order valence-electron chi connectivity index (χ4n) is 6.50. The maximum atomic E-state index is 9.14. The van der Waals surface area contributed by atoms with Crippen molar-refractivity contribution in [3.05, 3.63) is 95.1 Å². The number of hydrogen-bond donors (Lipinski definition) is 1. The number of allylic oxidation sites excluding steroid dienone is 4. The molecule has 6 rings (SSSR count). The highest BCUT2D eigenvalue weighted by atomic mass is 16.5. The van der Waals surface area contributed by atoms with E-state index in [0.717, 1.165) is 49.7 Å². The molecule has 184 valence electrons. The molecule has 2 aliphatic heterocycles. The molecule has 2 unspecified atom stereocenters. The van der Waals surface area contributed by atoms with Crippen molar-refractivity contribution in [1.82, 2.24) is 9.47 Å². The van der Waals surface area contributed by atoms with Gasteiger partial charge in [0.2, 0.25) is 0 Å². The van der Waals surface area contributed by atoms with Crippen molar-refractivity contribution in [3.63, 3.8) is 0 Å². The first-order valence-electron chi connectivity index (χ1n) is 13.1. The van der Waals surface area contributed by atoms with Crippen molar-refractivity contribution in [2.45, 2.75) is 40.5 Å². The zero-order chi connectivity index (χ0) is 25.0. The standard InChI is InChI=1S/C32H35N3O/c1-21-22(2)36-23(3)27-18-32(4,31(33)30(21)27)20-34-16-14-24(15-17-34)28-19-35(25-10-6-5-7-11-25)29-13-9-8-12-26(28)29/h5-14,19,30,33H,15-18,20H2,1-4H3. The maximum Gasteiger partial charge on any atom is 0.101 e. The van der Waals surface area contributed by atoms with Gasteiger partial charge in [-0.15, -0.1) is 0 Å². The Bertz CT molecular complexity index is 1460. The third-order valence-corrected chi connectivity index (χ3v) is 8.57. The van der Waals surface area contributed by atoms with Crippen molar-refractivity contribution in [1.29, 1.82) is 5.41 Å². The highest BCUT2D eigenvalue weighted by molar-refractivity contribution is 5.98. The Morgan fingerprint density at radius 1 is 1.00 bits per heavy atom. The molecule has 4 heteroatoms. The fraction of sp³-hybridized carbons (Fsp3) is 0.344. The second kappa shape index (κ2) is 8.63. The maximum absolute atomic E-state index is 9.14. The second-order valence-electron chi connectivity index (χ2n) is 11.0. The Hall–Kier alpha value is -3.37. The molecule has 2 atom stereocenters. The van der Waals surface area contributed by atoms with Crippen LogP contribution in [-0.2, 0) is 4.74 Å². The van der Waals surface area contributed by atoms with E-state index < -0.39 is 0 Å². The summed E-state index contributed by atoms with van der Waals surface area (Å²) in [6.07, 6.45) is 6.68. The SMILES string of the molecule is CC1=C(C)C2C(=N)C(C)(CN3CC=C(c4cn(-c5ccccc5)c5ccccc45)CC3)CC2=C(C)O1. The van der Waals surface area contributed by atoms with E-state index in [4.69, 9.17) is 10.1 Å². The summed E-state index contributed by atoms with van der Waals surface area (Å²) in [4.78, 5) is 2.54. The molecule has 1 aromatic heterocycles. The summed E-state index contributed by atoms with van der Waals surface area (Å²) in [6, 6.07) is 19.3. The van der Waals surface area contributed by atoms with Crippen LogP contribution in [0.2, 0.25) is 0 Å². The fourth-order valence-corrected chi connectivity index (χ4v) is 6.50. The third-order valence-electron chi connectivity index (χ3n) is 8.57. The van der Waals surface area contributed by atoms with Gasteiger partial charge in [-0.2, -0.15) is 0 Å². The molecule has 1 aliphatic carbocycles.